The second-order valence-corrected chi connectivity index (χ2v) is 4.51. The van der Waals surface area contributed by atoms with Gasteiger partial charge < -0.3 is 10.2 Å². The smallest absolute Gasteiger partial charge is 0.311 e. The fourth-order valence-electron chi connectivity index (χ4n) is 1.59. The number of nitrogens with zero attached hydrogens (tertiary/aromatic N) is 3. The summed E-state index contributed by atoms with van der Waals surface area (Å²) in [5, 5.41) is 13.9. The second-order valence-electron chi connectivity index (χ2n) is 4.51. The van der Waals surface area contributed by atoms with Gasteiger partial charge in [-0.15, -0.1) is 0 Å². The van der Waals surface area contributed by atoms with Gasteiger partial charge in [0.05, 0.1) is 4.92 Å². The van der Waals surface area contributed by atoms with Gasteiger partial charge in [-0.3, -0.25) is 10.1 Å². The first kappa shape index (κ1) is 14.4. The second kappa shape index (κ2) is 6.90. The highest BCUT2D eigenvalue weighted by Gasteiger charge is 2.14. The van der Waals surface area contributed by atoms with E-state index in [4.69, 9.17) is 0 Å². The molecule has 1 N–H and O–H groups in total. The zero-order chi connectivity index (χ0) is 13.5. The molecular weight excluding hydrogens is 232 g/mol. The molecular formula is C12H20N4O2. The quantitative estimate of drug-likeness (QED) is 0.457. The number of anilines is 1. The van der Waals surface area contributed by atoms with Gasteiger partial charge in [0.25, 0.3) is 0 Å². The number of hydrogen-bond donors (Lipinski definition) is 1. The minimum Gasteiger partial charge on any atom is -0.364 e. The van der Waals surface area contributed by atoms with Crippen molar-refractivity contribution in [1.82, 2.24) is 9.88 Å². The molecule has 0 radical (unpaired) electrons. The molecule has 18 heavy (non-hydrogen) atoms. The minimum absolute atomic E-state index is 0.0354. The van der Waals surface area contributed by atoms with Crippen LogP contribution in [0.15, 0.2) is 12.1 Å². The summed E-state index contributed by atoms with van der Waals surface area (Å²) in [5.74, 6) is 0.366. The zero-order valence-electron chi connectivity index (χ0n) is 11.1. The molecule has 0 fully saturated rings. The van der Waals surface area contributed by atoms with E-state index in [2.05, 4.69) is 15.2 Å². The molecule has 1 aromatic heterocycles. The normalized spacial score (nSPS) is 10.7. The van der Waals surface area contributed by atoms with Crippen molar-refractivity contribution in [3.63, 3.8) is 0 Å². The lowest BCUT2D eigenvalue weighted by Gasteiger charge is -2.10. The minimum atomic E-state index is -0.408. The van der Waals surface area contributed by atoms with Crippen LogP contribution in [-0.4, -0.2) is 42.0 Å². The molecule has 1 rings (SSSR count). The number of pyridine rings is 1. The van der Waals surface area contributed by atoms with Gasteiger partial charge in [-0.1, -0.05) is 0 Å². The molecule has 0 atom stereocenters. The molecule has 0 saturated carbocycles. The van der Waals surface area contributed by atoms with Crippen molar-refractivity contribution in [2.45, 2.75) is 19.8 Å². The average molecular weight is 252 g/mol. The number of unbranched alkanes of at least 4 members (excludes halogenated alkanes) is 1. The highest BCUT2D eigenvalue weighted by Crippen LogP contribution is 2.21. The Balaban J connectivity index is 2.50. The molecule has 0 saturated heterocycles. The van der Waals surface area contributed by atoms with Crippen molar-refractivity contribution < 1.29 is 4.92 Å². The molecule has 0 aliphatic carbocycles. The van der Waals surface area contributed by atoms with Crippen LogP contribution in [0.5, 0.6) is 0 Å². The maximum Gasteiger partial charge on any atom is 0.311 e. The first-order valence-corrected chi connectivity index (χ1v) is 6.01. The summed E-state index contributed by atoms with van der Waals surface area (Å²) >= 11 is 0. The fraction of sp³-hybridized carbons (Fsp3) is 0.583. The summed E-state index contributed by atoms with van der Waals surface area (Å²) in [6.45, 7) is 3.54. The Morgan fingerprint density at radius 2 is 2.11 bits per heavy atom. The van der Waals surface area contributed by atoms with Crippen LogP contribution in [-0.2, 0) is 0 Å². The van der Waals surface area contributed by atoms with Gasteiger partial charge in [0.1, 0.15) is 0 Å². The molecule has 0 bridgehead atoms. The summed E-state index contributed by atoms with van der Waals surface area (Å²) in [4.78, 5) is 16.7. The summed E-state index contributed by atoms with van der Waals surface area (Å²) in [6.07, 6.45) is 2.02. The van der Waals surface area contributed by atoms with Gasteiger partial charge in [-0.2, -0.15) is 0 Å². The third kappa shape index (κ3) is 4.67. The number of nitrogens with one attached hydrogen (secondary N) is 1. The molecule has 0 amide bonds. The van der Waals surface area contributed by atoms with Gasteiger partial charge in [0.2, 0.25) is 5.82 Å². The van der Waals surface area contributed by atoms with E-state index in [0.29, 0.717) is 12.4 Å². The van der Waals surface area contributed by atoms with Crippen molar-refractivity contribution in [2.75, 3.05) is 32.5 Å². The average Bonchev–Trinajstić information content (AvgIpc) is 2.27. The van der Waals surface area contributed by atoms with E-state index < -0.39 is 4.92 Å². The van der Waals surface area contributed by atoms with E-state index in [1.54, 1.807) is 6.07 Å². The molecule has 0 unspecified atom stereocenters. The van der Waals surface area contributed by atoms with Crippen LogP contribution in [0.2, 0.25) is 0 Å². The van der Waals surface area contributed by atoms with Gasteiger partial charge in [-0.05, 0) is 46.5 Å². The van der Waals surface area contributed by atoms with Crippen molar-refractivity contribution >= 4 is 11.5 Å². The van der Waals surface area contributed by atoms with Crippen molar-refractivity contribution in [3.8, 4) is 0 Å². The standard InChI is InChI=1S/C12H20N4O2/c1-10-6-7-11(16(17)18)12(14-10)13-8-4-5-9-15(2)3/h6-7H,4-5,8-9H2,1-3H3,(H,13,14). The monoisotopic (exact) mass is 252 g/mol. The fourth-order valence-corrected chi connectivity index (χ4v) is 1.59. The predicted octanol–water partition coefficient (Wildman–Crippen LogP) is 2.05. The molecule has 0 spiro atoms. The van der Waals surface area contributed by atoms with Crippen LogP contribution in [0.3, 0.4) is 0 Å². The maximum absolute atomic E-state index is 10.8. The van der Waals surface area contributed by atoms with Crippen LogP contribution in [0, 0.1) is 17.0 Å². The number of aromatic nitrogens is 1. The highest BCUT2D eigenvalue weighted by atomic mass is 16.6. The van der Waals surface area contributed by atoms with Crippen LogP contribution in [0.4, 0.5) is 11.5 Å². The Kier molecular flexibility index (Phi) is 5.51. The number of aryl methyl sites for hydroxylation is 1. The Morgan fingerprint density at radius 1 is 1.39 bits per heavy atom. The summed E-state index contributed by atoms with van der Waals surface area (Å²) in [7, 11) is 4.06. The molecule has 0 aromatic carbocycles. The number of nitro groups is 1. The Morgan fingerprint density at radius 3 is 2.72 bits per heavy atom. The third-order valence-corrected chi connectivity index (χ3v) is 2.53. The number of hydrogen-bond acceptors (Lipinski definition) is 5. The maximum atomic E-state index is 10.8. The van der Waals surface area contributed by atoms with Crippen molar-refractivity contribution in [2.24, 2.45) is 0 Å². The Hall–Kier alpha value is -1.69. The lowest BCUT2D eigenvalue weighted by Crippen LogP contribution is -2.14. The molecule has 1 heterocycles. The highest BCUT2D eigenvalue weighted by molar-refractivity contribution is 5.55. The van der Waals surface area contributed by atoms with Crippen LogP contribution >= 0.6 is 0 Å². The van der Waals surface area contributed by atoms with Gasteiger partial charge in [0.15, 0.2) is 0 Å². The molecule has 0 aliphatic heterocycles. The van der Waals surface area contributed by atoms with Gasteiger partial charge >= 0.3 is 5.69 Å². The molecule has 100 valence electrons. The third-order valence-electron chi connectivity index (χ3n) is 2.53. The molecule has 0 aliphatic rings. The summed E-state index contributed by atoms with van der Waals surface area (Å²) < 4.78 is 0. The van der Waals surface area contributed by atoms with Crippen LogP contribution in [0.25, 0.3) is 0 Å². The summed E-state index contributed by atoms with van der Waals surface area (Å²) in [6, 6.07) is 3.14. The van der Waals surface area contributed by atoms with Gasteiger partial charge in [-0.25, -0.2) is 4.98 Å². The largest absolute Gasteiger partial charge is 0.364 e. The number of rotatable bonds is 7. The first-order valence-electron chi connectivity index (χ1n) is 6.01. The lowest BCUT2D eigenvalue weighted by molar-refractivity contribution is -0.384. The van der Waals surface area contributed by atoms with E-state index in [1.165, 1.54) is 6.07 Å². The van der Waals surface area contributed by atoms with E-state index in [9.17, 15) is 10.1 Å². The SMILES string of the molecule is Cc1ccc([N+](=O)[O-])c(NCCCCN(C)C)n1. The predicted molar refractivity (Wildman–Crippen MR) is 71.9 cm³/mol. The van der Waals surface area contributed by atoms with E-state index in [-0.39, 0.29) is 5.69 Å². The molecule has 6 nitrogen and oxygen atoms in total. The van der Waals surface area contributed by atoms with Crippen molar-refractivity contribution in [1.29, 1.82) is 0 Å². The first-order chi connectivity index (χ1) is 8.50. The summed E-state index contributed by atoms with van der Waals surface area (Å²) in [5.41, 5.74) is 0.810. The van der Waals surface area contributed by atoms with Crippen LogP contribution in [0.1, 0.15) is 18.5 Å². The molecule has 1 aromatic rings. The van der Waals surface area contributed by atoms with E-state index in [0.717, 1.165) is 25.1 Å². The van der Waals surface area contributed by atoms with E-state index >= 15 is 0 Å². The topological polar surface area (TPSA) is 71.3 Å². The lowest BCUT2D eigenvalue weighted by atomic mass is 10.3. The van der Waals surface area contributed by atoms with E-state index in [1.807, 2.05) is 21.0 Å². The Bertz CT molecular complexity index is 407. The zero-order valence-corrected chi connectivity index (χ0v) is 11.1. The Labute approximate surface area is 107 Å². The van der Waals surface area contributed by atoms with Crippen molar-refractivity contribution in [3.05, 3.63) is 27.9 Å². The molecule has 6 heteroatoms. The van der Waals surface area contributed by atoms with Gasteiger partial charge in [0, 0.05) is 18.3 Å². The van der Waals surface area contributed by atoms with Crippen LogP contribution < -0.4 is 5.32 Å².